The molecule has 1 saturated heterocycles. The van der Waals surface area contributed by atoms with Crippen molar-refractivity contribution in [1.29, 1.82) is 0 Å². The van der Waals surface area contributed by atoms with Crippen LogP contribution in [0.5, 0.6) is 5.75 Å². The molecule has 1 atom stereocenters. The Morgan fingerprint density at radius 1 is 1.28 bits per heavy atom. The lowest BCUT2D eigenvalue weighted by molar-refractivity contribution is 0.140. The molecule has 0 saturated carbocycles. The second-order valence-electron chi connectivity index (χ2n) is 7.39. The second kappa shape index (κ2) is 10.3. The molecule has 2 N–H and O–H groups in total. The summed E-state index contributed by atoms with van der Waals surface area (Å²) < 4.78 is 16.9. The van der Waals surface area contributed by atoms with Crippen LogP contribution in [0.1, 0.15) is 41.5 Å². The van der Waals surface area contributed by atoms with E-state index in [-0.39, 0.29) is 6.10 Å². The summed E-state index contributed by atoms with van der Waals surface area (Å²) in [7, 11) is 0. The zero-order chi connectivity index (χ0) is 20.6. The number of rotatable bonds is 8. The van der Waals surface area contributed by atoms with Crippen LogP contribution in [0.2, 0.25) is 0 Å². The van der Waals surface area contributed by atoms with Crippen molar-refractivity contribution in [3.8, 4) is 5.75 Å². The lowest BCUT2D eigenvalue weighted by Crippen LogP contribution is -2.38. The van der Waals surface area contributed by atoms with E-state index >= 15 is 0 Å². The fraction of sp³-hybridized carbons (Fsp3) is 0.545. The van der Waals surface area contributed by atoms with E-state index in [0.717, 1.165) is 66.8 Å². The third-order valence-electron chi connectivity index (χ3n) is 5.00. The summed E-state index contributed by atoms with van der Waals surface area (Å²) in [6, 6.07) is 6.28. The third kappa shape index (κ3) is 5.97. The van der Waals surface area contributed by atoms with Gasteiger partial charge >= 0.3 is 0 Å². The zero-order valence-electron chi connectivity index (χ0n) is 17.9. The molecule has 0 bridgehead atoms. The highest BCUT2D eigenvalue weighted by Gasteiger charge is 2.18. The van der Waals surface area contributed by atoms with E-state index in [9.17, 15) is 0 Å². The molecular weight excluding hydrogens is 368 g/mol. The number of hydrogen-bond donors (Lipinski definition) is 2. The Balaban J connectivity index is 1.63. The van der Waals surface area contributed by atoms with Gasteiger partial charge in [0.25, 0.3) is 0 Å². The highest BCUT2D eigenvalue weighted by molar-refractivity contribution is 5.79. The van der Waals surface area contributed by atoms with Crippen LogP contribution in [0.15, 0.2) is 27.7 Å². The van der Waals surface area contributed by atoms with Gasteiger partial charge < -0.3 is 24.6 Å². The van der Waals surface area contributed by atoms with Crippen molar-refractivity contribution in [2.75, 3.05) is 26.3 Å². The zero-order valence-corrected chi connectivity index (χ0v) is 17.9. The fourth-order valence-electron chi connectivity index (χ4n) is 3.36. The first-order valence-electron chi connectivity index (χ1n) is 10.3. The largest absolute Gasteiger partial charge is 0.488 e. The van der Waals surface area contributed by atoms with E-state index in [4.69, 9.17) is 19.0 Å². The van der Waals surface area contributed by atoms with Crippen molar-refractivity contribution in [3.05, 3.63) is 46.3 Å². The number of nitrogens with zero attached hydrogens (tertiary/aromatic N) is 2. The van der Waals surface area contributed by atoms with Gasteiger partial charge in [0, 0.05) is 30.6 Å². The van der Waals surface area contributed by atoms with Gasteiger partial charge in [0.2, 0.25) is 0 Å². The van der Waals surface area contributed by atoms with Crippen molar-refractivity contribution in [2.45, 2.75) is 53.2 Å². The normalized spacial score (nSPS) is 16.8. The summed E-state index contributed by atoms with van der Waals surface area (Å²) in [5.74, 6) is 2.56. The first kappa shape index (κ1) is 21.2. The van der Waals surface area contributed by atoms with E-state index < -0.39 is 0 Å². The van der Waals surface area contributed by atoms with Crippen LogP contribution >= 0.6 is 0 Å². The Morgan fingerprint density at radius 3 is 2.83 bits per heavy atom. The minimum atomic E-state index is 0.126. The van der Waals surface area contributed by atoms with E-state index in [1.165, 1.54) is 5.56 Å². The average molecular weight is 401 g/mol. The van der Waals surface area contributed by atoms with Gasteiger partial charge in [-0.05, 0) is 45.7 Å². The van der Waals surface area contributed by atoms with Crippen LogP contribution in [-0.2, 0) is 17.7 Å². The van der Waals surface area contributed by atoms with Gasteiger partial charge in [-0.3, -0.25) is 0 Å². The molecule has 0 amide bonds. The van der Waals surface area contributed by atoms with Crippen molar-refractivity contribution in [2.24, 2.45) is 4.99 Å². The molecule has 3 rings (SSSR count). The first-order valence-corrected chi connectivity index (χ1v) is 10.3. The van der Waals surface area contributed by atoms with E-state index in [0.29, 0.717) is 13.2 Å². The van der Waals surface area contributed by atoms with Crippen LogP contribution in [0, 0.1) is 20.8 Å². The summed E-state index contributed by atoms with van der Waals surface area (Å²) in [5, 5.41) is 10.7. The molecule has 1 unspecified atom stereocenters. The maximum absolute atomic E-state index is 6.18. The van der Waals surface area contributed by atoms with Crippen LogP contribution in [-0.4, -0.2) is 43.5 Å². The Hall–Kier alpha value is -2.54. The summed E-state index contributed by atoms with van der Waals surface area (Å²) >= 11 is 0. The third-order valence-corrected chi connectivity index (χ3v) is 5.00. The quantitative estimate of drug-likeness (QED) is 0.524. The maximum atomic E-state index is 6.18. The number of aliphatic imine (C=N–C) groups is 1. The lowest BCUT2D eigenvalue weighted by Gasteiger charge is -2.16. The molecule has 2 heterocycles. The molecule has 1 aromatic carbocycles. The van der Waals surface area contributed by atoms with Gasteiger partial charge in [0.1, 0.15) is 17.6 Å². The number of hydrogen-bond acceptors (Lipinski definition) is 5. The van der Waals surface area contributed by atoms with Gasteiger partial charge in [-0.25, -0.2) is 4.99 Å². The summed E-state index contributed by atoms with van der Waals surface area (Å²) in [6.07, 6.45) is 1.90. The Kier molecular flexibility index (Phi) is 7.52. The standard InChI is InChI=1S/C22H32N4O3/c1-5-23-22(24-10-8-20-16(3)26-29-17(20)4)25-13-18-7-6-15(2)12-21(18)28-19-9-11-27-14-19/h6-7,12,19H,5,8-11,13-14H2,1-4H3,(H2,23,24,25). The second-order valence-corrected chi connectivity index (χ2v) is 7.39. The fourth-order valence-corrected chi connectivity index (χ4v) is 3.36. The van der Waals surface area contributed by atoms with Crippen molar-refractivity contribution < 1.29 is 14.0 Å². The summed E-state index contributed by atoms with van der Waals surface area (Å²) in [5.41, 5.74) is 4.35. The van der Waals surface area contributed by atoms with Crippen molar-refractivity contribution >= 4 is 5.96 Å². The van der Waals surface area contributed by atoms with E-state index in [2.05, 4.69) is 47.8 Å². The molecule has 7 nitrogen and oxygen atoms in total. The Morgan fingerprint density at radius 2 is 2.14 bits per heavy atom. The molecule has 0 aliphatic carbocycles. The maximum Gasteiger partial charge on any atom is 0.191 e. The highest BCUT2D eigenvalue weighted by Crippen LogP contribution is 2.24. The molecule has 1 aliphatic rings. The molecule has 158 valence electrons. The number of benzene rings is 1. The Bertz CT molecular complexity index is 806. The van der Waals surface area contributed by atoms with Gasteiger partial charge in [-0.15, -0.1) is 0 Å². The van der Waals surface area contributed by atoms with Crippen LogP contribution in [0.3, 0.4) is 0 Å². The number of guanidine groups is 1. The summed E-state index contributed by atoms with van der Waals surface area (Å²) in [6.45, 7) is 11.6. The molecule has 29 heavy (non-hydrogen) atoms. The molecule has 1 aromatic heterocycles. The van der Waals surface area contributed by atoms with Crippen LogP contribution < -0.4 is 15.4 Å². The SMILES string of the molecule is CCNC(=NCc1ccc(C)cc1OC1CCOC1)NCCc1c(C)noc1C. The van der Waals surface area contributed by atoms with Crippen LogP contribution in [0.4, 0.5) is 0 Å². The van der Waals surface area contributed by atoms with Crippen LogP contribution in [0.25, 0.3) is 0 Å². The van der Waals surface area contributed by atoms with Gasteiger partial charge in [-0.2, -0.15) is 0 Å². The van der Waals surface area contributed by atoms with Gasteiger partial charge in [-0.1, -0.05) is 17.3 Å². The number of aryl methyl sites for hydroxylation is 3. The first-order chi connectivity index (χ1) is 14.1. The topological polar surface area (TPSA) is 80.9 Å². The van der Waals surface area contributed by atoms with Gasteiger partial charge in [0.05, 0.1) is 25.5 Å². The smallest absolute Gasteiger partial charge is 0.191 e. The molecule has 0 radical (unpaired) electrons. The van der Waals surface area contributed by atoms with Crippen molar-refractivity contribution in [1.82, 2.24) is 15.8 Å². The van der Waals surface area contributed by atoms with E-state index in [1.807, 2.05) is 13.8 Å². The highest BCUT2D eigenvalue weighted by atomic mass is 16.5. The molecule has 1 aliphatic heterocycles. The van der Waals surface area contributed by atoms with Gasteiger partial charge in [0.15, 0.2) is 5.96 Å². The predicted octanol–water partition coefficient (Wildman–Crippen LogP) is 3.07. The van der Waals surface area contributed by atoms with Crippen molar-refractivity contribution in [3.63, 3.8) is 0 Å². The average Bonchev–Trinajstić information content (AvgIpc) is 3.32. The lowest BCUT2D eigenvalue weighted by atomic mass is 10.1. The number of aromatic nitrogens is 1. The minimum Gasteiger partial charge on any atom is -0.488 e. The molecule has 0 spiro atoms. The molecule has 1 fully saturated rings. The number of nitrogens with one attached hydrogen (secondary N) is 2. The molecule has 7 heteroatoms. The molecular formula is C22H32N4O3. The number of ether oxygens (including phenoxy) is 2. The van der Waals surface area contributed by atoms with E-state index in [1.54, 1.807) is 0 Å². The monoisotopic (exact) mass is 400 g/mol. The molecule has 2 aromatic rings. The minimum absolute atomic E-state index is 0.126. The predicted molar refractivity (Wildman–Crippen MR) is 114 cm³/mol. The Labute approximate surface area is 172 Å². The summed E-state index contributed by atoms with van der Waals surface area (Å²) in [4.78, 5) is 4.76.